The van der Waals surface area contributed by atoms with Gasteiger partial charge in [0.05, 0.1) is 10.7 Å². The molecule has 2 aromatic carbocycles. The summed E-state index contributed by atoms with van der Waals surface area (Å²) in [4.78, 5) is 3.28. The number of nitrogens with one attached hydrogen (secondary N) is 2. The van der Waals surface area contributed by atoms with Gasteiger partial charge < -0.3 is 5.32 Å². The van der Waals surface area contributed by atoms with Gasteiger partial charge in [-0.15, -0.1) is 11.3 Å². The van der Waals surface area contributed by atoms with Gasteiger partial charge >= 0.3 is 0 Å². The van der Waals surface area contributed by atoms with E-state index in [2.05, 4.69) is 31.0 Å². The van der Waals surface area contributed by atoms with E-state index in [1.54, 1.807) is 11.4 Å². The molecule has 0 unspecified atom stereocenters. The molecular weight excluding hydrogens is 532 g/mol. The predicted molar refractivity (Wildman–Crippen MR) is 124 cm³/mol. The van der Waals surface area contributed by atoms with E-state index in [1.807, 2.05) is 6.92 Å². The van der Waals surface area contributed by atoms with E-state index in [0.29, 0.717) is 23.1 Å². The maximum Gasteiger partial charge on any atom is 0.266 e. The molecule has 166 valence electrons. The van der Waals surface area contributed by atoms with Crippen LogP contribution in [0, 0.1) is 17.6 Å². The molecule has 5 nitrogen and oxygen atoms in total. The number of nitrogens with zero attached hydrogens (tertiary/aromatic N) is 1. The average Bonchev–Trinajstić information content (AvgIpc) is 3.21. The molecule has 3 rings (SSSR count). The van der Waals surface area contributed by atoms with Crippen LogP contribution >= 0.6 is 38.9 Å². The molecule has 1 heterocycles. The Morgan fingerprint density at radius 2 is 2.03 bits per heavy atom. The van der Waals surface area contributed by atoms with Gasteiger partial charge in [0.1, 0.15) is 16.5 Å². The molecule has 1 atom stereocenters. The number of halogens is 4. The van der Waals surface area contributed by atoms with Gasteiger partial charge in [-0.25, -0.2) is 22.2 Å². The third kappa shape index (κ3) is 6.15. The number of aromatic nitrogens is 1. The van der Waals surface area contributed by atoms with Crippen molar-refractivity contribution in [1.29, 1.82) is 0 Å². The van der Waals surface area contributed by atoms with E-state index in [4.69, 9.17) is 11.6 Å². The Morgan fingerprint density at radius 1 is 1.26 bits per heavy atom. The number of thiazole rings is 1. The first-order valence-corrected chi connectivity index (χ1v) is 12.8. The van der Waals surface area contributed by atoms with Crippen LogP contribution in [-0.4, -0.2) is 19.9 Å². The van der Waals surface area contributed by atoms with Crippen LogP contribution in [0.1, 0.15) is 18.9 Å². The molecule has 11 heteroatoms. The number of sulfonamides is 1. The molecule has 0 fully saturated rings. The predicted octanol–water partition coefficient (Wildman–Crippen LogP) is 6.32. The van der Waals surface area contributed by atoms with Gasteiger partial charge in [0, 0.05) is 22.6 Å². The highest BCUT2D eigenvalue weighted by atomic mass is 79.9. The lowest BCUT2D eigenvalue weighted by atomic mass is 9.96. The Bertz CT molecular complexity index is 1160. The van der Waals surface area contributed by atoms with Crippen molar-refractivity contribution in [2.45, 2.75) is 24.7 Å². The van der Waals surface area contributed by atoms with Crippen molar-refractivity contribution in [2.75, 3.05) is 16.6 Å². The van der Waals surface area contributed by atoms with Crippen LogP contribution in [0.15, 0.2) is 51.3 Å². The van der Waals surface area contributed by atoms with Crippen molar-refractivity contribution >= 4 is 59.7 Å². The van der Waals surface area contributed by atoms with E-state index in [1.165, 1.54) is 18.3 Å². The molecular formula is C20H19BrClF2N3O2S2. The molecule has 0 amide bonds. The molecule has 0 radical (unpaired) electrons. The molecule has 0 saturated carbocycles. The molecule has 2 N–H and O–H groups in total. The van der Waals surface area contributed by atoms with Gasteiger partial charge in [0.15, 0.2) is 5.13 Å². The highest BCUT2D eigenvalue weighted by Gasteiger charge is 2.23. The fourth-order valence-corrected chi connectivity index (χ4v) is 5.61. The van der Waals surface area contributed by atoms with Gasteiger partial charge in [0.25, 0.3) is 10.0 Å². The summed E-state index contributed by atoms with van der Waals surface area (Å²) < 4.78 is 55.8. The first-order chi connectivity index (χ1) is 14.7. The third-order valence-electron chi connectivity index (χ3n) is 4.65. The zero-order valence-electron chi connectivity index (χ0n) is 16.3. The Hall–Kier alpha value is -1.75. The maximum atomic E-state index is 14.6. The normalized spacial score (nSPS) is 12.5. The zero-order valence-corrected chi connectivity index (χ0v) is 20.3. The molecule has 31 heavy (non-hydrogen) atoms. The second kappa shape index (κ2) is 10.2. The Kier molecular flexibility index (Phi) is 7.90. The van der Waals surface area contributed by atoms with Gasteiger partial charge in [-0.3, -0.25) is 4.72 Å². The minimum absolute atomic E-state index is 0.0822. The summed E-state index contributed by atoms with van der Waals surface area (Å²) >= 11 is 10.7. The minimum Gasteiger partial charge on any atom is -0.383 e. The molecule has 0 aliphatic carbocycles. The van der Waals surface area contributed by atoms with Crippen LogP contribution in [0.3, 0.4) is 0 Å². The lowest BCUT2D eigenvalue weighted by molar-refractivity contribution is 0.531. The van der Waals surface area contributed by atoms with E-state index < -0.39 is 20.7 Å². The summed E-state index contributed by atoms with van der Waals surface area (Å²) in [7, 11) is -4.16. The van der Waals surface area contributed by atoms with E-state index in [0.717, 1.165) is 35.5 Å². The fraction of sp³-hybridized carbons (Fsp3) is 0.250. The summed E-state index contributed by atoms with van der Waals surface area (Å²) in [6.07, 6.45) is 2.93. The maximum absolute atomic E-state index is 14.6. The quantitative estimate of drug-likeness (QED) is 0.327. The smallest absolute Gasteiger partial charge is 0.266 e. The molecule has 0 spiro atoms. The van der Waals surface area contributed by atoms with E-state index >= 15 is 0 Å². The van der Waals surface area contributed by atoms with Gasteiger partial charge in [-0.1, -0.05) is 46.9 Å². The number of rotatable bonds is 9. The molecule has 0 saturated heterocycles. The molecule has 0 aliphatic heterocycles. The van der Waals surface area contributed by atoms with Crippen molar-refractivity contribution in [3.8, 4) is 0 Å². The fourth-order valence-electron chi connectivity index (χ4n) is 2.93. The summed E-state index contributed by atoms with van der Waals surface area (Å²) in [5.74, 6) is -1.08. The number of benzene rings is 2. The summed E-state index contributed by atoms with van der Waals surface area (Å²) in [5, 5.41) is 4.91. The van der Waals surface area contributed by atoms with Crippen LogP contribution in [-0.2, 0) is 16.4 Å². The second-order valence-electron chi connectivity index (χ2n) is 6.80. The summed E-state index contributed by atoms with van der Waals surface area (Å²) in [6, 6.07) is 6.70. The van der Waals surface area contributed by atoms with Crippen molar-refractivity contribution < 1.29 is 17.2 Å². The molecule has 3 aromatic rings. The second-order valence-corrected chi connectivity index (χ2v) is 10.6. The Morgan fingerprint density at radius 3 is 2.68 bits per heavy atom. The van der Waals surface area contributed by atoms with Crippen LogP contribution < -0.4 is 10.0 Å². The van der Waals surface area contributed by atoms with Crippen LogP contribution in [0.4, 0.5) is 19.6 Å². The highest BCUT2D eigenvalue weighted by Crippen LogP contribution is 2.30. The van der Waals surface area contributed by atoms with Crippen molar-refractivity contribution in [3.05, 3.63) is 68.6 Å². The molecule has 1 aromatic heterocycles. The first kappa shape index (κ1) is 23.9. The number of anilines is 2. The van der Waals surface area contributed by atoms with Crippen LogP contribution in [0.25, 0.3) is 0 Å². The first-order valence-electron chi connectivity index (χ1n) is 9.28. The molecule has 0 bridgehead atoms. The lowest BCUT2D eigenvalue weighted by Crippen LogP contribution is -2.18. The average molecular weight is 551 g/mol. The van der Waals surface area contributed by atoms with Gasteiger partial charge in [-0.05, 0) is 42.2 Å². The lowest BCUT2D eigenvalue weighted by Gasteiger charge is -2.19. The summed E-state index contributed by atoms with van der Waals surface area (Å²) in [5.41, 5.74) is 1.26. The van der Waals surface area contributed by atoms with Gasteiger partial charge in [-0.2, -0.15) is 0 Å². The Labute approximate surface area is 197 Å². The van der Waals surface area contributed by atoms with E-state index in [9.17, 15) is 17.2 Å². The zero-order chi connectivity index (χ0) is 22.6. The van der Waals surface area contributed by atoms with Crippen LogP contribution in [0.2, 0.25) is 5.02 Å². The summed E-state index contributed by atoms with van der Waals surface area (Å²) in [6.45, 7) is 2.49. The SMILES string of the molecule is CC[C@H](CNc1cc(F)c(S(=O)(=O)Nc2nccs2)cc1Cl)Cc1ccc(F)cc1Br. The Balaban J connectivity index is 1.72. The third-order valence-corrected chi connectivity index (χ3v) is 7.87. The van der Waals surface area contributed by atoms with Gasteiger partial charge in [0.2, 0.25) is 0 Å². The van der Waals surface area contributed by atoms with Crippen LogP contribution in [0.5, 0.6) is 0 Å². The number of hydrogen-bond donors (Lipinski definition) is 2. The number of hydrogen-bond acceptors (Lipinski definition) is 5. The molecule has 0 aliphatic rings. The largest absolute Gasteiger partial charge is 0.383 e. The van der Waals surface area contributed by atoms with Crippen molar-refractivity contribution in [3.63, 3.8) is 0 Å². The van der Waals surface area contributed by atoms with E-state index in [-0.39, 0.29) is 21.9 Å². The topological polar surface area (TPSA) is 71.1 Å². The minimum atomic E-state index is -4.16. The monoisotopic (exact) mass is 549 g/mol. The standard InChI is InChI=1S/C20H19BrClF2N3O2S2/c1-2-12(7-13-3-4-14(23)8-15(13)21)11-26-18-10-17(24)19(9-16(18)22)31(28,29)27-20-25-5-6-30-20/h3-6,8-10,12,26H,2,7,11H2,1H3,(H,25,27)/t12-/m0/s1. The highest BCUT2D eigenvalue weighted by molar-refractivity contribution is 9.10. The van der Waals surface area contributed by atoms with Crippen molar-refractivity contribution in [1.82, 2.24) is 4.98 Å². The van der Waals surface area contributed by atoms with Crippen molar-refractivity contribution in [2.24, 2.45) is 5.92 Å².